The molecule has 0 unspecified atom stereocenters. The van der Waals surface area contributed by atoms with Gasteiger partial charge in [-0.3, -0.25) is 9.69 Å². The third-order valence-electron chi connectivity index (χ3n) is 3.58. The van der Waals surface area contributed by atoms with E-state index in [0.29, 0.717) is 0 Å². The number of nitrogens with zero attached hydrogens (tertiary/aromatic N) is 1. The van der Waals surface area contributed by atoms with Crippen molar-refractivity contribution in [3.63, 3.8) is 0 Å². The maximum absolute atomic E-state index is 12.3. The highest BCUT2D eigenvalue weighted by atomic mass is 79.9. The summed E-state index contributed by atoms with van der Waals surface area (Å²) >= 11 is 3.33. The zero-order valence-corrected chi connectivity index (χ0v) is 13.2. The molecule has 3 rings (SSSR count). The van der Waals surface area contributed by atoms with Crippen molar-refractivity contribution in [3.05, 3.63) is 46.1 Å². The first kappa shape index (κ1) is 15.1. The first-order valence-electron chi connectivity index (χ1n) is 6.80. The van der Waals surface area contributed by atoms with Gasteiger partial charge in [0.05, 0.1) is 13.0 Å². The quantitative estimate of drug-likeness (QED) is 0.641. The van der Waals surface area contributed by atoms with Crippen molar-refractivity contribution in [3.8, 4) is 0 Å². The Labute approximate surface area is 135 Å². The Morgan fingerprint density at radius 1 is 1.45 bits per heavy atom. The van der Waals surface area contributed by atoms with Crippen molar-refractivity contribution in [1.82, 2.24) is 4.90 Å². The van der Waals surface area contributed by atoms with E-state index in [4.69, 9.17) is 14.6 Å². The van der Waals surface area contributed by atoms with Crippen molar-refractivity contribution in [2.24, 2.45) is 0 Å². The number of β-lactam (4-membered cyclic amide) rings is 1. The maximum Gasteiger partial charge on any atom is 0.337 e. The molecule has 2 atom stereocenters. The molecule has 0 saturated carbocycles. The summed E-state index contributed by atoms with van der Waals surface area (Å²) < 4.78 is 11.7. The van der Waals surface area contributed by atoms with Gasteiger partial charge in [-0.1, -0.05) is 28.1 Å². The van der Waals surface area contributed by atoms with Crippen LogP contribution in [0.25, 0.3) is 0 Å². The molecule has 6 nitrogen and oxygen atoms in total. The van der Waals surface area contributed by atoms with E-state index in [1.165, 1.54) is 11.0 Å². The van der Waals surface area contributed by atoms with E-state index in [2.05, 4.69) is 15.9 Å². The van der Waals surface area contributed by atoms with Crippen LogP contribution in [0.1, 0.15) is 12.0 Å². The summed E-state index contributed by atoms with van der Waals surface area (Å²) in [6.45, 7) is -0.151. The highest BCUT2D eigenvalue weighted by Gasteiger charge is 2.54. The molecule has 1 N–H and O–H groups in total. The Kier molecular flexibility index (Phi) is 4.17. The molecule has 1 aromatic rings. The van der Waals surface area contributed by atoms with Crippen molar-refractivity contribution >= 4 is 27.8 Å². The monoisotopic (exact) mass is 367 g/mol. The topological polar surface area (TPSA) is 76.1 Å². The summed E-state index contributed by atoms with van der Waals surface area (Å²) in [6.07, 6.45) is 1.21. The number of carbonyl (C=O) groups is 2. The molecule has 2 fully saturated rings. The molecule has 2 aliphatic rings. The molecule has 0 aromatic heterocycles. The third-order valence-corrected chi connectivity index (χ3v) is 4.11. The molecule has 0 bridgehead atoms. The van der Waals surface area contributed by atoms with Crippen molar-refractivity contribution in [2.45, 2.75) is 25.3 Å². The highest BCUT2D eigenvalue weighted by molar-refractivity contribution is 9.10. The van der Waals surface area contributed by atoms with Crippen LogP contribution in [0.5, 0.6) is 0 Å². The number of aliphatic hydroxyl groups is 1. The lowest BCUT2D eigenvalue weighted by Crippen LogP contribution is -2.55. The maximum atomic E-state index is 12.3. The van der Waals surface area contributed by atoms with Crippen LogP contribution < -0.4 is 0 Å². The van der Waals surface area contributed by atoms with E-state index >= 15 is 0 Å². The number of esters is 1. The number of benzene rings is 1. The second-order valence-corrected chi connectivity index (χ2v) is 5.92. The zero-order chi connectivity index (χ0) is 15.7. The van der Waals surface area contributed by atoms with Gasteiger partial charge in [-0.05, 0) is 23.8 Å². The number of rotatable bonds is 4. The molecular weight excluding hydrogens is 354 g/mol. The van der Waals surface area contributed by atoms with E-state index in [-0.39, 0.29) is 31.3 Å². The summed E-state index contributed by atoms with van der Waals surface area (Å²) in [4.78, 5) is 25.3. The summed E-state index contributed by atoms with van der Waals surface area (Å²) in [6, 6.07) is 6.49. The van der Waals surface area contributed by atoms with Crippen LogP contribution in [-0.2, 0) is 25.7 Å². The van der Waals surface area contributed by atoms with Gasteiger partial charge in [-0.2, -0.15) is 0 Å². The number of halogens is 1. The minimum Gasteiger partial charge on any atom is -0.472 e. The zero-order valence-electron chi connectivity index (χ0n) is 11.6. The van der Waals surface area contributed by atoms with E-state index in [1.54, 1.807) is 0 Å². The molecule has 2 aliphatic heterocycles. The SMILES string of the molecule is O=C(OCc1ccc(Br)cc1)[C@H]1/C(=C\CO)O[C@@H]2CC(=O)N21. The molecule has 0 radical (unpaired) electrons. The van der Waals surface area contributed by atoms with Gasteiger partial charge >= 0.3 is 5.97 Å². The van der Waals surface area contributed by atoms with Crippen LogP contribution in [0.4, 0.5) is 0 Å². The molecule has 7 heteroatoms. The van der Waals surface area contributed by atoms with Crippen LogP contribution in [0.3, 0.4) is 0 Å². The van der Waals surface area contributed by atoms with E-state index < -0.39 is 18.2 Å². The number of hydrogen-bond acceptors (Lipinski definition) is 5. The lowest BCUT2D eigenvalue weighted by molar-refractivity contribution is -0.166. The van der Waals surface area contributed by atoms with Gasteiger partial charge in [0.1, 0.15) is 12.4 Å². The first-order chi connectivity index (χ1) is 10.6. The Bertz CT molecular complexity index is 627. The summed E-state index contributed by atoms with van der Waals surface area (Å²) in [5.74, 6) is -0.436. The fourth-order valence-corrected chi connectivity index (χ4v) is 2.73. The Morgan fingerprint density at radius 2 is 2.18 bits per heavy atom. The van der Waals surface area contributed by atoms with Gasteiger partial charge < -0.3 is 14.6 Å². The van der Waals surface area contributed by atoms with E-state index in [9.17, 15) is 9.59 Å². The highest BCUT2D eigenvalue weighted by Crippen LogP contribution is 2.36. The third kappa shape index (κ3) is 2.74. The molecule has 22 heavy (non-hydrogen) atoms. The lowest BCUT2D eigenvalue weighted by atomic mass is 10.1. The van der Waals surface area contributed by atoms with Gasteiger partial charge in [-0.25, -0.2) is 4.79 Å². The lowest BCUT2D eigenvalue weighted by Gasteiger charge is -2.33. The standard InChI is InChI=1S/C15H14BrNO5/c16-10-3-1-9(2-4-10)8-21-15(20)14-11(5-6-18)22-13-7-12(19)17(13)14/h1-5,13-14,18H,6-8H2/b11-5+/t13-,14-/m1/s1. The Balaban J connectivity index is 1.68. The number of ether oxygens (including phenoxy) is 2. The summed E-state index contributed by atoms with van der Waals surface area (Å²) in [7, 11) is 0. The molecule has 2 saturated heterocycles. The summed E-state index contributed by atoms with van der Waals surface area (Å²) in [5, 5.41) is 9.00. The predicted molar refractivity (Wildman–Crippen MR) is 79.2 cm³/mol. The van der Waals surface area contributed by atoms with Crippen LogP contribution >= 0.6 is 15.9 Å². The van der Waals surface area contributed by atoms with Gasteiger partial charge in [0.2, 0.25) is 5.91 Å². The largest absolute Gasteiger partial charge is 0.472 e. The van der Waals surface area contributed by atoms with E-state index in [0.717, 1.165) is 10.0 Å². The Hall–Kier alpha value is -1.86. The average Bonchev–Trinajstić information content (AvgIpc) is 2.79. The van der Waals surface area contributed by atoms with Gasteiger partial charge in [0.25, 0.3) is 0 Å². The van der Waals surface area contributed by atoms with Gasteiger partial charge in [0, 0.05) is 4.47 Å². The van der Waals surface area contributed by atoms with Crippen LogP contribution in [0.15, 0.2) is 40.6 Å². The number of aliphatic hydroxyl groups excluding tert-OH is 1. The van der Waals surface area contributed by atoms with Crippen LogP contribution in [-0.4, -0.2) is 40.8 Å². The second-order valence-electron chi connectivity index (χ2n) is 5.00. The second kappa shape index (κ2) is 6.10. The summed E-state index contributed by atoms with van der Waals surface area (Å²) in [5.41, 5.74) is 0.842. The van der Waals surface area contributed by atoms with E-state index in [1.807, 2.05) is 24.3 Å². The van der Waals surface area contributed by atoms with Crippen molar-refractivity contribution < 1.29 is 24.2 Å². The molecule has 0 spiro atoms. The molecule has 0 aliphatic carbocycles. The molecule has 1 amide bonds. The average molecular weight is 368 g/mol. The molecule has 116 valence electrons. The predicted octanol–water partition coefficient (Wildman–Crippen LogP) is 1.33. The smallest absolute Gasteiger partial charge is 0.337 e. The number of amides is 1. The fourth-order valence-electron chi connectivity index (χ4n) is 2.46. The fraction of sp³-hybridized carbons (Fsp3) is 0.333. The number of carbonyl (C=O) groups excluding carboxylic acids is 2. The van der Waals surface area contributed by atoms with Crippen LogP contribution in [0, 0.1) is 0 Å². The molecular formula is C15H14BrNO5. The minimum atomic E-state index is -0.895. The van der Waals surface area contributed by atoms with Gasteiger partial charge in [-0.15, -0.1) is 0 Å². The van der Waals surface area contributed by atoms with Crippen molar-refractivity contribution in [2.75, 3.05) is 6.61 Å². The Morgan fingerprint density at radius 3 is 2.82 bits per heavy atom. The number of fused-ring (bicyclic) bond motifs is 1. The first-order valence-corrected chi connectivity index (χ1v) is 7.59. The normalized spacial score (nSPS) is 24.7. The van der Waals surface area contributed by atoms with Crippen molar-refractivity contribution in [1.29, 1.82) is 0 Å². The van der Waals surface area contributed by atoms with Crippen LogP contribution in [0.2, 0.25) is 0 Å². The minimum absolute atomic E-state index is 0.113. The van der Waals surface area contributed by atoms with Gasteiger partial charge in [0.15, 0.2) is 12.3 Å². The molecule has 2 heterocycles. The molecule has 1 aromatic carbocycles. The number of hydrogen-bond donors (Lipinski definition) is 1.